The van der Waals surface area contributed by atoms with Gasteiger partial charge < -0.3 is 20.3 Å². The van der Waals surface area contributed by atoms with Crippen LogP contribution < -0.4 is 10.6 Å². The molecule has 0 spiro atoms. The summed E-state index contributed by atoms with van der Waals surface area (Å²) in [6.45, 7) is 4.29. The molecule has 0 radical (unpaired) electrons. The summed E-state index contributed by atoms with van der Waals surface area (Å²) < 4.78 is 5.11. The standard InChI is InChI=1S/C18H23N3O4S/c1-12(2)25-16(23)11-14-17(24)19-8-9-21(14)18(26)20-15(22)10-13-6-4-3-5-7-13/h3-7,12,14H,8-11H2,1-2H3,(H,19,24)(H,20,22,26)/t14-/m0/s1. The molecule has 26 heavy (non-hydrogen) atoms. The third-order valence-corrected chi connectivity index (χ3v) is 4.11. The van der Waals surface area contributed by atoms with Crippen LogP contribution in [0.25, 0.3) is 0 Å². The number of rotatable bonds is 5. The zero-order chi connectivity index (χ0) is 19.1. The molecule has 0 aromatic heterocycles. The molecular weight excluding hydrogens is 354 g/mol. The van der Waals surface area contributed by atoms with Gasteiger partial charge in [-0.15, -0.1) is 0 Å². The van der Waals surface area contributed by atoms with E-state index < -0.39 is 12.0 Å². The van der Waals surface area contributed by atoms with E-state index in [0.29, 0.717) is 13.1 Å². The Morgan fingerprint density at radius 3 is 2.69 bits per heavy atom. The Bertz CT molecular complexity index is 678. The Kier molecular flexibility index (Phi) is 7.08. The lowest BCUT2D eigenvalue weighted by Gasteiger charge is -2.36. The Labute approximate surface area is 158 Å². The first kappa shape index (κ1) is 19.8. The summed E-state index contributed by atoms with van der Waals surface area (Å²) in [5, 5.41) is 5.50. The molecule has 0 unspecified atom stereocenters. The molecular formula is C18H23N3O4S. The number of piperazine rings is 1. The summed E-state index contributed by atoms with van der Waals surface area (Å²) in [7, 11) is 0. The molecule has 0 aliphatic carbocycles. The zero-order valence-electron chi connectivity index (χ0n) is 14.9. The largest absolute Gasteiger partial charge is 0.463 e. The van der Waals surface area contributed by atoms with Gasteiger partial charge in [-0.25, -0.2) is 0 Å². The van der Waals surface area contributed by atoms with E-state index in [0.717, 1.165) is 5.56 Å². The minimum atomic E-state index is -0.792. The molecule has 8 heteroatoms. The minimum Gasteiger partial charge on any atom is -0.463 e. The van der Waals surface area contributed by atoms with Gasteiger partial charge in [0, 0.05) is 13.1 Å². The van der Waals surface area contributed by atoms with Gasteiger partial charge in [0.15, 0.2) is 5.11 Å². The lowest BCUT2D eigenvalue weighted by molar-refractivity contribution is -0.150. The average Bonchev–Trinajstić information content (AvgIpc) is 2.56. The van der Waals surface area contributed by atoms with E-state index in [1.165, 1.54) is 0 Å². The van der Waals surface area contributed by atoms with Crippen LogP contribution in [0.5, 0.6) is 0 Å². The van der Waals surface area contributed by atoms with E-state index in [4.69, 9.17) is 17.0 Å². The van der Waals surface area contributed by atoms with Crippen molar-refractivity contribution in [1.29, 1.82) is 0 Å². The van der Waals surface area contributed by atoms with Crippen LogP contribution in [0.3, 0.4) is 0 Å². The first-order chi connectivity index (χ1) is 12.4. The molecule has 2 rings (SSSR count). The third kappa shape index (κ3) is 5.80. The third-order valence-electron chi connectivity index (χ3n) is 3.77. The van der Waals surface area contributed by atoms with Crippen molar-refractivity contribution in [2.75, 3.05) is 13.1 Å². The molecule has 0 bridgehead atoms. The van der Waals surface area contributed by atoms with Gasteiger partial charge in [0.05, 0.1) is 18.9 Å². The van der Waals surface area contributed by atoms with Crippen molar-refractivity contribution in [2.24, 2.45) is 0 Å². The number of esters is 1. The fourth-order valence-electron chi connectivity index (χ4n) is 2.65. The van der Waals surface area contributed by atoms with Crippen molar-refractivity contribution in [3.05, 3.63) is 35.9 Å². The van der Waals surface area contributed by atoms with E-state index in [2.05, 4.69) is 10.6 Å². The number of ether oxygens (including phenoxy) is 1. The van der Waals surface area contributed by atoms with E-state index in [9.17, 15) is 14.4 Å². The van der Waals surface area contributed by atoms with Gasteiger partial charge in [-0.2, -0.15) is 0 Å². The van der Waals surface area contributed by atoms with Crippen LogP contribution in [0.2, 0.25) is 0 Å². The highest BCUT2D eigenvalue weighted by atomic mass is 32.1. The predicted molar refractivity (Wildman–Crippen MR) is 100 cm³/mol. The van der Waals surface area contributed by atoms with E-state index in [1.807, 2.05) is 30.3 Å². The van der Waals surface area contributed by atoms with Crippen molar-refractivity contribution in [3.63, 3.8) is 0 Å². The summed E-state index contributed by atoms with van der Waals surface area (Å²) in [6.07, 6.45) is -0.208. The van der Waals surface area contributed by atoms with Crippen molar-refractivity contribution in [2.45, 2.75) is 38.8 Å². The number of carbonyl (C=O) groups is 3. The number of hydrogen-bond donors (Lipinski definition) is 2. The first-order valence-corrected chi connectivity index (χ1v) is 8.89. The lowest BCUT2D eigenvalue weighted by Crippen LogP contribution is -2.60. The normalized spacial score (nSPS) is 16.8. The smallest absolute Gasteiger partial charge is 0.308 e. The maximum Gasteiger partial charge on any atom is 0.308 e. The summed E-state index contributed by atoms with van der Waals surface area (Å²) in [5.41, 5.74) is 0.862. The second-order valence-corrected chi connectivity index (χ2v) is 6.65. The summed E-state index contributed by atoms with van der Waals surface area (Å²) in [4.78, 5) is 37.9. The Hall–Kier alpha value is -2.48. The summed E-state index contributed by atoms with van der Waals surface area (Å²) in [6, 6.07) is 8.49. The van der Waals surface area contributed by atoms with E-state index >= 15 is 0 Å². The van der Waals surface area contributed by atoms with E-state index in [1.54, 1.807) is 18.7 Å². The van der Waals surface area contributed by atoms with Gasteiger partial charge in [0.1, 0.15) is 6.04 Å². The molecule has 1 atom stereocenters. The monoisotopic (exact) mass is 377 g/mol. The SMILES string of the molecule is CC(C)OC(=O)C[C@H]1C(=O)NCCN1C(=S)NC(=O)Cc1ccccc1. The van der Waals surface area contributed by atoms with Crippen LogP contribution in [0.15, 0.2) is 30.3 Å². The van der Waals surface area contributed by atoms with Crippen LogP contribution in [0.1, 0.15) is 25.8 Å². The van der Waals surface area contributed by atoms with Gasteiger partial charge in [-0.3, -0.25) is 14.4 Å². The molecule has 1 saturated heterocycles. The van der Waals surface area contributed by atoms with Crippen molar-refractivity contribution < 1.29 is 19.1 Å². The topological polar surface area (TPSA) is 87.7 Å². The molecule has 140 valence electrons. The lowest BCUT2D eigenvalue weighted by atomic mass is 10.1. The zero-order valence-corrected chi connectivity index (χ0v) is 15.7. The summed E-state index contributed by atoms with van der Waals surface area (Å²) >= 11 is 5.30. The molecule has 1 fully saturated rings. The fourth-order valence-corrected chi connectivity index (χ4v) is 2.98. The molecule has 1 aliphatic heterocycles. The van der Waals surface area contributed by atoms with Crippen molar-refractivity contribution >= 4 is 35.1 Å². The Balaban J connectivity index is 1.98. The maximum atomic E-state index is 12.2. The van der Waals surface area contributed by atoms with Gasteiger partial charge in [-0.05, 0) is 31.6 Å². The van der Waals surface area contributed by atoms with Gasteiger partial charge in [-0.1, -0.05) is 30.3 Å². The van der Waals surface area contributed by atoms with Crippen LogP contribution in [0.4, 0.5) is 0 Å². The van der Waals surface area contributed by atoms with Crippen LogP contribution >= 0.6 is 12.2 Å². The first-order valence-electron chi connectivity index (χ1n) is 8.48. The molecule has 1 aromatic rings. The molecule has 1 aliphatic rings. The van der Waals surface area contributed by atoms with Crippen molar-refractivity contribution in [3.8, 4) is 0 Å². The Morgan fingerprint density at radius 1 is 1.35 bits per heavy atom. The molecule has 1 aromatic carbocycles. The fraction of sp³-hybridized carbons (Fsp3) is 0.444. The number of carbonyl (C=O) groups excluding carboxylic acids is 3. The second kappa shape index (κ2) is 9.28. The van der Waals surface area contributed by atoms with Gasteiger partial charge in [0.2, 0.25) is 11.8 Å². The van der Waals surface area contributed by atoms with Gasteiger partial charge >= 0.3 is 5.97 Å². The highest BCUT2D eigenvalue weighted by Crippen LogP contribution is 2.11. The van der Waals surface area contributed by atoms with Crippen LogP contribution in [0, 0.1) is 0 Å². The summed E-state index contributed by atoms with van der Waals surface area (Å²) in [5.74, 6) is -1.06. The molecule has 2 N–H and O–H groups in total. The van der Waals surface area contributed by atoms with Gasteiger partial charge in [0.25, 0.3) is 0 Å². The predicted octanol–water partition coefficient (Wildman–Crippen LogP) is 0.772. The molecule has 0 saturated carbocycles. The molecule has 2 amide bonds. The highest BCUT2D eigenvalue weighted by molar-refractivity contribution is 7.80. The van der Waals surface area contributed by atoms with E-state index in [-0.39, 0.29) is 35.9 Å². The van der Waals surface area contributed by atoms with Crippen molar-refractivity contribution in [1.82, 2.24) is 15.5 Å². The van der Waals surface area contributed by atoms with Crippen LogP contribution in [-0.2, 0) is 25.5 Å². The number of nitrogens with one attached hydrogen (secondary N) is 2. The van der Waals surface area contributed by atoms with Crippen LogP contribution in [-0.4, -0.2) is 53.0 Å². The maximum absolute atomic E-state index is 12.2. The number of thiocarbonyl (C=S) groups is 1. The second-order valence-electron chi connectivity index (χ2n) is 6.26. The number of hydrogen-bond acceptors (Lipinski definition) is 5. The number of benzene rings is 1. The minimum absolute atomic E-state index is 0.126. The Morgan fingerprint density at radius 2 is 2.04 bits per heavy atom. The number of nitrogens with zero attached hydrogens (tertiary/aromatic N) is 1. The average molecular weight is 377 g/mol. The quantitative estimate of drug-likeness (QED) is 0.582. The molecule has 1 heterocycles. The number of amides is 2. The highest BCUT2D eigenvalue weighted by Gasteiger charge is 2.34. The molecule has 7 nitrogen and oxygen atoms in total.